The summed E-state index contributed by atoms with van der Waals surface area (Å²) in [4.78, 5) is 15.3. The number of anilines is 1. The van der Waals surface area contributed by atoms with Crippen LogP contribution in [0.1, 0.15) is 37.9 Å². The van der Waals surface area contributed by atoms with Crippen molar-refractivity contribution in [3.05, 3.63) is 35.1 Å². The predicted octanol–water partition coefficient (Wildman–Crippen LogP) is 2.23. The van der Waals surface area contributed by atoms with Crippen LogP contribution in [-0.2, 0) is 6.42 Å². The fourth-order valence-corrected chi connectivity index (χ4v) is 3.20. The maximum Gasteiger partial charge on any atom is 0.228 e. The predicted molar refractivity (Wildman–Crippen MR) is 106 cm³/mol. The van der Waals surface area contributed by atoms with Gasteiger partial charge < -0.3 is 20.1 Å². The van der Waals surface area contributed by atoms with Gasteiger partial charge in [-0.3, -0.25) is 4.99 Å². The minimum absolute atomic E-state index is 0.266. The van der Waals surface area contributed by atoms with Gasteiger partial charge in [0, 0.05) is 51.3 Å². The van der Waals surface area contributed by atoms with Gasteiger partial charge in [0.25, 0.3) is 0 Å². The summed E-state index contributed by atoms with van der Waals surface area (Å²) in [5, 5.41) is 11.4. The van der Waals surface area contributed by atoms with Crippen LogP contribution in [0.2, 0.25) is 5.02 Å². The number of nitrogens with one attached hydrogen (secondary N) is 2. The van der Waals surface area contributed by atoms with Gasteiger partial charge in [-0.2, -0.15) is 4.98 Å². The summed E-state index contributed by atoms with van der Waals surface area (Å²) >= 11 is 6.25. The highest BCUT2D eigenvalue weighted by atomic mass is 35.5. The molecule has 0 spiro atoms. The van der Waals surface area contributed by atoms with Crippen LogP contribution < -0.4 is 15.5 Å². The van der Waals surface area contributed by atoms with Gasteiger partial charge in [-0.1, -0.05) is 30.6 Å². The minimum atomic E-state index is 0.266. The fourth-order valence-electron chi connectivity index (χ4n) is 2.96. The van der Waals surface area contributed by atoms with E-state index in [0.717, 1.165) is 37.1 Å². The molecule has 3 heterocycles. The van der Waals surface area contributed by atoms with Crippen LogP contribution in [0.5, 0.6) is 0 Å². The van der Waals surface area contributed by atoms with Crippen molar-refractivity contribution in [2.24, 2.45) is 4.99 Å². The second-order valence-electron chi connectivity index (χ2n) is 6.83. The fraction of sp³-hybridized carbons (Fsp3) is 0.556. The molecule has 0 saturated carbocycles. The molecule has 2 aromatic heterocycles. The van der Waals surface area contributed by atoms with E-state index in [1.165, 1.54) is 0 Å². The highest BCUT2D eigenvalue weighted by Gasteiger charge is 2.25. The van der Waals surface area contributed by atoms with E-state index in [0.29, 0.717) is 23.9 Å². The van der Waals surface area contributed by atoms with E-state index in [-0.39, 0.29) is 12.0 Å². The summed E-state index contributed by atoms with van der Waals surface area (Å²) in [5.41, 5.74) is 0. The van der Waals surface area contributed by atoms with Crippen LogP contribution >= 0.6 is 11.6 Å². The first-order valence-corrected chi connectivity index (χ1v) is 9.59. The first kappa shape index (κ1) is 19.4. The maximum atomic E-state index is 6.25. The molecule has 3 rings (SSSR count). The molecule has 1 saturated heterocycles. The zero-order valence-electron chi connectivity index (χ0n) is 15.9. The minimum Gasteiger partial charge on any atom is -0.356 e. The van der Waals surface area contributed by atoms with Crippen molar-refractivity contribution < 1.29 is 4.52 Å². The number of aromatic nitrogens is 3. The van der Waals surface area contributed by atoms with Gasteiger partial charge in [0.1, 0.15) is 5.82 Å². The van der Waals surface area contributed by atoms with Gasteiger partial charge >= 0.3 is 0 Å². The lowest BCUT2D eigenvalue weighted by Gasteiger charge is -2.20. The molecule has 0 aliphatic carbocycles. The zero-order chi connectivity index (χ0) is 19.2. The number of guanidine groups is 1. The van der Waals surface area contributed by atoms with Crippen LogP contribution in [0, 0.1) is 0 Å². The molecular weight excluding hydrogens is 366 g/mol. The summed E-state index contributed by atoms with van der Waals surface area (Å²) in [6, 6.07) is 4.00. The highest BCUT2D eigenvalue weighted by molar-refractivity contribution is 6.32. The van der Waals surface area contributed by atoms with Crippen LogP contribution in [0.15, 0.2) is 27.8 Å². The molecule has 146 valence electrons. The lowest BCUT2D eigenvalue weighted by molar-refractivity contribution is 0.371. The third-order valence-corrected chi connectivity index (χ3v) is 4.72. The Hall–Kier alpha value is -2.35. The Morgan fingerprint density at radius 2 is 2.33 bits per heavy atom. The normalized spacial score (nSPS) is 17.6. The lowest BCUT2D eigenvalue weighted by atomic mass is 10.2. The molecule has 9 heteroatoms. The maximum absolute atomic E-state index is 6.25. The number of halogens is 1. The van der Waals surface area contributed by atoms with E-state index >= 15 is 0 Å². The van der Waals surface area contributed by atoms with E-state index in [9.17, 15) is 0 Å². The van der Waals surface area contributed by atoms with E-state index in [4.69, 9.17) is 16.1 Å². The molecule has 1 fully saturated rings. The van der Waals surface area contributed by atoms with E-state index in [1.807, 2.05) is 26.0 Å². The molecule has 0 aromatic carbocycles. The Kier molecular flexibility index (Phi) is 6.49. The van der Waals surface area contributed by atoms with Crippen molar-refractivity contribution in [2.75, 3.05) is 31.6 Å². The number of aliphatic imine (C=N–C) groups is 1. The third-order valence-electron chi connectivity index (χ3n) is 4.42. The van der Waals surface area contributed by atoms with Gasteiger partial charge in [0.2, 0.25) is 5.89 Å². The first-order valence-electron chi connectivity index (χ1n) is 9.22. The van der Waals surface area contributed by atoms with Gasteiger partial charge in [-0.25, -0.2) is 4.98 Å². The van der Waals surface area contributed by atoms with Gasteiger partial charge in [-0.05, 0) is 18.6 Å². The van der Waals surface area contributed by atoms with Crippen molar-refractivity contribution in [1.82, 2.24) is 25.8 Å². The highest BCUT2D eigenvalue weighted by Crippen LogP contribution is 2.25. The van der Waals surface area contributed by atoms with Crippen molar-refractivity contribution in [1.29, 1.82) is 0 Å². The van der Waals surface area contributed by atoms with E-state index < -0.39 is 0 Å². The molecule has 2 N–H and O–H groups in total. The molecule has 0 bridgehead atoms. The molecule has 27 heavy (non-hydrogen) atoms. The average Bonchev–Trinajstić information content (AvgIpc) is 3.31. The molecule has 1 aliphatic heterocycles. The average molecular weight is 392 g/mol. The summed E-state index contributed by atoms with van der Waals surface area (Å²) in [5.74, 6) is 3.24. The molecule has 1 atom stereocenters. The molecule has 1 aliphatic rings. The molecule has 2 aromatic rings. The summed E-state index contributed by atoms with van der Waals surface area (Å²) in [6.07, 6.45) is 3.42. The first-order chi connectivity index (χ1) is 13.1. The SMILES string of the molecule is CN=C(NCCc1nc(C(C)C)no1)NC1CCN(c2ncccc2Cl)C1. The Bertz CT molecular complexity index is 777. The lowest BCUT2D eigenvalue weighted by Crippen LogP contribution is -2.45. The number of hydrogen-bond acceptors (Lipinski definition) is 6. The monoisotopic (exact) mass is 391 g/mol. The summed E-state index contributed by atoms with van der Waals surface area (Å²) in [7, 11) is 1.77. The smallest absolute Gasteiger partial charge is 0.228 e. The topological polar surface area (TPSA) is 91.5 Å². The largest absolute Gasteiger partial charge is 0.356 e. The van der Waals surface area contributed by atoms with Crippen LogP contribution in [0.4, 0.5) is 5.82 Å². The second kappa shape index (κ2) is 9.03. The molecule has 0 radical (unpaired) electrons. The van der Waals surface area contributed by atoms with Crippen LogP contribution in [0.25, 0.3) is 0 Å². The Balaban J connectivity index is 1.46. The van der Waals surface area contributed by atoms with E-state index in [2.05, 4.69) is 35.7 Å². The number of rotatable bonds is 6. The second-order valence-corrected chi connectivity index (χ2v) is 7.24. The van der Waals surface area contributed by atoms with Crippen molar-refractivity contribution in [2.45, 2.75) is 38.6 Å². The molecule has 0 amide bonds. The quantitative estimate of drug-likeness (QED) is 0.576. The number of pyridine rings is 1. The van der Waals surface area contributed by atoms with Crippen molar-refractivity contribution >= 4 is 23.4 Å². The van der Waals surface area contributed by atoms with Gasteiger partial charge in [0.15, 0.2) is 11.8 Å². The Labute approximate surface area is 164 Å². The van der Waals surface area contributed by atoms with Gasteiger partial charge in [0.05, 0.1) is 5.02 Å². The summed E-state index contributed by atoms with van der Waals surface area (Å²) in [6.45, 7) is 6.50. The standard InChI is InChI=1S/C18H26ClN7O/c1-12(2)16-24-15(27-25-16)6-9-22-18(20-3)23-13-7-10-26(11-13)17-14(19)5-4-8-21-17/h4-5,8,12-13H,6-7,9-11H2,1-3H3,(H2,20,22,23). The van der Waals surface area contributed by atoms with E-state index in [1.54, 1.807) is 13.2 Å². The zero-order valence-corrected chi connectivity index (χ0v) is 16.7. The third kappa shape index (κ3) is 5.09. The molecule has 1 unspecified atom stereocenters. The van der Waals surface area contributed by atoms with Crippen LogP contribution in [0.3, 0.4) is 0 Å². The van der Waals surface area contributed by atoms with Crippen LogP contribution in [-0.4, -0.2) is 53.8 Å². The summed E-state index contributed by atoms with van der Waals surface area (Å²) < 4.78 is 5.26. The number of nitrogens with zero attached hydrogens (tertiary/aromatic N) is 5. The van der Waals surface area contributed by atoms with Crippen molar-refractivity contribution in [3.63, 3.8) is 0 Å². The Morgan fingerprint density at radius 1 is 1.48 bits per heavy atom. The Morgan fingerprint density at radius 3 is 3.04 bits per heavy atom. The van der Waals surface area contributed by atoms with Crippen molar-refractivity contribution in [3.8, 4) is 0 Å². The molecular formula is C18H26ClN7O. The molecule has 8 nitrogen and oxygen atoms in total. The van der Waals surface area contributed by atoms with Gasteiger partial charge in [-0.15, -0.1) is 0 Å². The number of hydrogen-bond donors (Lipinski definition) is 2.